The van der Waals surface area contributed by atoms with Crippen LogP contribution in [0.3, 0.4) is 0 Å². The third-order valence-electron chi connectivity index (χ3n) is 1.51. The summed E-state index contributed by atoms with van der Waals surface area (Å²) in [5.74, 6) is 0.0214. The van der Waals surface area contributed by atoms with Gasteiger partial charge in [-0.3, -0.25) is 4.79 Å². The SMILES string of the molecule is CC1CC(N)C(=O)CO1. The summed E-state index contributed by atoms with van der Waals surface area (Å²) >= 11 is 0. The van der Waals surface area contributed by atoms with Gasteiger partial charge in [-0.05, 0) is 13.3 Å². The van der Waals surface area contributed by atoms with E-state index in [2.05, 4.69) is 0 Å². The fraction of sp³-hybridized carbons (Fsp3) is 0.833. The molecule has 1 fully saturated rings. The molecule has 0 aromatic heterocycles. The number of hydrogen-bond acceptors (Lipinski definition) is 3. The molecule has 0 aromatic carbocycles. The molecule has 0 bridgehead atoms. The van der Waals surface area contributed by atoms with Gasteiger partial charge in [0.15, 0.2) is 5.78 Å². The van der Waals surface area contributed by atoms with Crippen LogP contribution in [0.2, 0.25) is 0 Å². The van der Waals surface area contributed by atoms with Gasteiger partial charge in [-0.25, -0.2) is 0 Å². The number of ketones is 1. The van der Waals surface area contributed by atoms with Gasteiger partial charge in [0.2, 0.25) is 0 Å². The van der Waals surface area contributed by atoms with Gasteiger partial charge in [0.25, 0.3) is 0 Å². The van der Waals surface area contributed by atoms with Crippen molar-refractivity contribution in [1.29, 1.82) is 0 Å². The molecule has 2 N–H and O–H groups in total. The van der Waals surface area contributed by atoms with Gasteiger partial charge in [0.1, 0.15) is 6.61 Å². The van der Waals surface area contributed by atoms with Crippen LogP contribution in [-0.4, -0.2) is 24.5 Å². The van der Waals surface area contributed by atoms with Gasteiger partial charge in [-0.1, -0.05) is 0 Å². The fourth-order valence-electron chi connectivity index (χ4n) is 0.889. The maximum absolute atomic E-state index is 10.7. The lowest BCUT2D eigenvalue weighted by Gasteiger charge is -2.22. The maximum Gasteiger partial charge on any atom is 0.175 e. The highest BCUT2D eigenvalue weighted by molar-refractivity contribution is 5.85. The Morgan fingerprint density at radius 3 is 2.89 bits per heavy atom. The van der Waals surface area contributed by atoms with E-state index in [1.54, 1.807) is 0 Å². The minimum atomic E-state index is -0.284. The number of rotatable bonds is 0. The van der Waals surface area contributed by atoms with E-state index in [1.807, 2.05) is 6.92 Å². The number of carbonyl (C=O) groups excluding carboxylic acids is 1. The van der Waals surface area contributed by atoms with E-state index in [0.717, 1.165) is 0 Å². The van der Waals surface area contributed by atoms with Crippen LogP contribution in [0.15, 0.2) is 0 Å². The average molecular weight is 129 g/mol. The molecule has 0 amide bonds. The van der Waals surface area contributed by atoms with E-state index < -0.39 is 0 Å². The first-order valence-electron chi connectivity index (χ1n) is 3.10. The van der Waals surface area contributed by atoms with E-state index in [1.165, 1.54) is 0 Å². The third-order valence-corrected chi connectivity index (χ3v) is 1.51. The Kier molecular flexibility index (Phi) is 1.83. The van der Waals surface area contributed by atoms with Gasteiger partial charge < -0.3 is 10.5 Å². The molecule has 1 rings (SSSR count). The van der Waals surface area contributed by atoms with E-state index >= 15 is 0 Å². The molecular weight excluding hydrogens is 118 g/mol. The van der Waals surface area contributed by atoms with E-state index in [9.17, 15) is 4.79 Å². The number of nitrogens with two attached hydrogens (primary N) is 1. The normalized spacial score (nSPS) is 36.9. The van der Waals surface area contributed by atoms with E-state index in [0.29, 0.717) is 6.42 Å². The summed E-state index contributed by atoms with van der Waals surface area (Å²) in [4.78, 5) is 10.7. The molecular formula is C6H11NO2. The minimum Gasteiger partial charge on any atom is -0.371 e. The van der Waals surface area contributed by atoms with Crippen LogP contribution in [0.25, 0.3) is 0 Å². The highest BCUT2D eigenvalue weighted by atomic mass is 16.5. The highest BCUT2D eigenvalue weighted by Crippen LogP contribution is 2.07. The zero-order valence-corrected chi connectivity index (χ0v) is 5.46. The first-order chi connectivity index (χ1) is 4.20. The number of Topliss-reactive ketones (excluding diaryl/α,β-unsaturated/α-hetero) is 1. The summed E-state index contributed by atoms with van der Waals surface area (Å²) in [5.41, 5.74) is 5.44. The van der Waals surface area contributed by atoms with Crippen molar-refractivity contribution in [2.45, 2.75) is 25.5 Å². The topological polar surface area (TPSA) is 52.3 Å². The summed E-state index contributed by atoms with van der Waals surface area (Å²) in [6.07, 6.45) is 0.816. The van der Waals surface area contributed by atoms with Gasteiger partial charge in [-0.2, -0.15) is 0 Å². The summed E-state index contributed by atoms with van der Waals surface area (Å²) in [7, 11) is 0. The van der Waals surface area contributed by atoms with Gasteiger partial charge in [0.05, 0.1) is 12.1 Å². The molecule has 9 heavy (non-hydrogen) atoms. The van der Waals surface area contributed by atoms with Gasteiger partial charge >= 0.3 is 0 Å². The summed E-state index contributed by atoms with van der Waals surface area (Å²) in [6.45, 7) is 2.12. The Balaban J connectivity index is 2.44. The van der Waals surface area contributed by atoms with Crippen molar-refractivity contribution in [2.75, 3.05) is 6.61 Å². The molecule has 0 radical (unpaired) electrons. The van der Waals surface area contributed by atoms with Crippen molar-refractivity contribution in [2.24, 2.45) is 5.73 Å². The largest absolute Gasteiger partial charge is 0.371 e. The quantitative estimate of drug-likeness (QED) is 0.488. The van der Waals surface area contributed by atoms with Crippen molar-refractivity contribution in [1.82, 2.24) is 0 Å². The van der Waals surface area contributed by atoms with Crippen LogP contribution in [-0.2, 0) is 9.53 Å². The predicted octanol–water partition coefficient (Wildman–Crippen LogP) is -0.308. The Morgan fingerprint density at radius 2 is 2.44 bits per heavy atom. The molecule has 1 heterocycles. The standard InChI is InChI=1S/C6H11NO2/c1-4-2-5(7)6(8)3-9-4/h4-5H,2-3,7H2,1H3. The van der Waals surface area contributed by atoms with Crippen LogP contribution in [0.5, 0.6) is 0 Å². The van der Waals surface area contributed by atoms with E-state index in [4.69, 9.17) is 10.5 Å². The molecule has 0 saturated carbocycles. The van der Waals surface area contributed by atoms with Crippen LogP contribution in [0.1, 0.15) is 13.3 Å². The zero-order chi connectivity index (χ0) is 6.85. The lowest BCUT2D eigenvalue weighted by molar-refractivity contribution is -0.132. The fourth-order valence-corrected chi connectivity index (χ4v) is 0.889. The second-order valence-electron chi connectivity index (χ2n) is 2.43. The van der Waals surface area contributed by atoms with Crippen molar-refractivity contribution in [3.63, 3.8) is 0 Å². The number of carbonyl (C=O) groups is 1. The second kappa shape index (κ2) is 2.45. The van der Waals surface area contributed by atoms with Crippen molar-refractivity contribution in [3.05, 3.63) is 0 Å². The molecule has 1 aliphatic rings. The molecule has 2 atom stereocenters. The first kappa shape index (κ1) is 6.71. The molecule has 52 valence electrons. The lowest BCUT2D eigenvalue weighted by Crippen LogP contribution is -2.42. The van der Waals surface area contributed by atoms with Gasteiger partial charge in [0, 0.05) is 0 Å². The smallest absolute Gasteiger partial charge is 0.175 e. The maximum atomic E-state index is 10.7. The Bertz CT molecular complexity index is 124. The van der Waals surface area contributed by atoms with E-state index in [-0.39, 0.29) is 24.5 Å². The molecule has 1 aliphatic heterocycles. The monoisotopic (exact) mass is 129 g/mol. The molecule has 3 nitrogen and oxygen atoms in total. The average Bonchev–Trinajstić information content (AvgIpc) is 1.80. The molecule has 0 aliphatic carbocycles. The minimum absolute atomic E-state index is 0.0214. The predicted molar refractivity (Wildman–Crippen MR) is 33.0 cm³/mol. The Morgan fingerprint density at radius 1 is 1.78 bits per heavy atom. The second-order valence-corrected chi connectivity index (χ2v) is 2.43. The van der Waals surface area contributed by atoms with Crippen molar-refractivity contribution >= 4 is 5.78 Å². The molecule has 0 aromatic rings. The van der Waals surface area contributed by atoms with Gasteiger partial charge in [-0.15, -0.1) is 0 Å². The number of ether oxygens (including phenoxy) is 1. The highest BCUT2D eigenvalue weighted by Gasteiger charge is 2.22. The van der Waals surface area contributed by atoms with Crippen LogP contribution in [0, 0.1) is 0 Å². The van der Waals surface area contributed by atoms with Crippen LogP contribution >= 0.6 is 0 Å². The lowest BCUT2D eigenvalue weighted by atomic mass is 10.0. The number of hydrogen-bond donors (Lipinski definition) is 1. The third kappa shape index (κ3) is 1.50. The molecule has 2 unspecified atom stereocenters. The zero-order valence-electron chi connectivity index (χ0n) is 5.46. The summed E-state index contributed by atoms with van der Waals surface area (Å²) in [6, 6.07) is -0.284. The molecule has 0 spiro atoms. The Hall–Kier alpha value is -0.410. The molecule has 3 heteroatoms. The molecule has 1 saturated heterocycles. The van der Waals surface area contributed by atoms with Crippen LogP contribution < -0.4 is 5.73 Å². The first-order valence-corrected chi connectivity index (χ1v) is 3.10. The van der Waals surface area contributed by atoms with Crippen molar-refractivity contribution in [3.8, 4) is 0 Å². The van der Waals surface area contributed by atoms with Crippen LogP contribution in [0.4, 0.5) is 0 Å². The summed E-state index contributed by atoms with van der Waals surface area (Å²) < 4.78 is 5.03. The Labute approximate surface area is 54.2 Å². The summed E-state index contributed by atoms with van der Waals surface area (Å²) in [5, 5.41) is 0. The van der Waals surface area contributed by atoms with Crippen molar-refractivity contribution < 1.29 is 9.53 Å².